The molecule has 1 aliphatic heterocycles. The van der Waals surface area contributed by atoms with Gasteiger partial charge in [-0.15, -0.1) is 0 Å². The van der Waals surface area contributed by atoms with Gasteiger partial charge in [0.2, 0.25) is 0 Å². The molecule has 0 radical (unpaired) electrons. The molecule has 0 saturated carbocycles. The molecule has 0 aromatic carbocycles. The highest BCUT2D eigenvalue weighted by molar-refractivity contribution is 7.88. The zero-order valence-corrected chi connectivity index (χ0v) is 8.86. The normalized spacial score (nSPS) is 20.3. The average molecular weight is 185 g/mol. The van der Waals surface area contributed by atoms with E-state index in [-0.39, 0.29) is 5.41 Å². The molecule has 2 nitrogen and oxygen atoms in total. The molecular formula is C9H15NOS. The lowest BCUT2D eigenvalue weighted by molar-refractivity contribution is 0.585. The summed E-state index contributed by atoms with van der Waals surface area (Å²) in [6.07, 6.45) is 4.48. The SMILES string of the molecule is CS(=O)C1=CCC(C(C)(C)C)=N1. The van der Waals surface area contributed by atoms with Gasteiger partial charge in [-0.3, -0.25) is 4.21 Å². The zero-order chi connectivity index (χ0) is 9.35. The number of aliphatic imine (C=N–C) groups is 1. The fourth-order valence-electron chi connectivity index (χ4n) is 1.06. The maximum atomic E-state index is 11.1. The zero-order valence-electron chi connectivity index (χ0n) is 8.05. The standard InChI is InChI=1S/C9H15NOS/c1-9(2,3)7-5-6-8(10-7)12(4)11/h6H,5H2,1-4H3. The second-order valence-corrected chi connectivity index (χ2v) is 5.34. The second kappa shape index (κ2) is 3.13. The van der Waals surface area contributed by atoms with E-state index in [0.717, 1.165) is 17.2 Å². The van der Waals surface area contributed by atoms with Gasteiger partial charge >= 0.3 is 0 Å². The summed E-state index contributed by atoms with van der Waals surface area (Å²) in [6.45, 7) is 6.38. The van der Waals surface area contributed by atoms with Crippen molar-refractivity contribution in [2.75, 3.05) is 6.26 Å². The predicted molar refractivity (Wildman–Crippen MR) is 53.7 cm³/mol. The number of hydrogen-bond acceptors (Lipinski definition) is 2. The van der Waals surface area contributed by atoms with E-state index in [2.05, 4.69) is 25.8 Å². The third-order valence-corrected chi connectivity index (χ3v) is 2.72. The predicted octanol–water partition coefficient (Wildman–Crippen LogP) is 2.10. The van der Waals surface area contributed by atoms with Crippen molar-refractivity contribution in [2.24, 2.45) is 10.4 Å². The van der Waals surface area contributed by atoms with Crippen LogP contribution in [0.25, 0.3) is 0 Å². The van der Waals surface area contributed by atoms with Crippen molar-refractivity contribution in [2.45, 2.75) is 27.2 Å². The van der Waals surface area contributed by atoms with E-state index < -0.39 is 10.8 Å². The Kier molecular flexibility index (Phi) is 2.52. The van der Waals surface area contributed by atoms with Gasteiger partial charge in [0.25, 0.3) is 0 Å². The van der Waals surface area contributed by atoms with Gasteiger partial charge in [-0.25, -0.2) is 4.99 Å². The van der Waals surface area contributed by atoms with Crippen molar-refractivity contribution in [1.82, 2.24) is 0 Å². The largest absolute Gasteiger partial charge is 0.253 e. The lowest BCUT2D eigenvalue weighted by atomic mass is 9.89. The van der Waals surface area contributed by atoms with E-state index in [9.17, 15) is 4.21 Å². The van der Waals surface area contributed by atoms with Gasteiger partial charge < -0.3 is 0 Å². The van der Waals surface area contributed by atoms with Crippen LogP contribution in [0.4, 0.5) is 0 Å². The average Bonchev–Trinajstić information content (AvgIpc) is 2.30. The number of rotatable bonds is 1. The Morgan fingerprint density at radius 2 is 2.08 bits per heavy atom. The Hall–Kier alpha value is -0.440. The Bertz CT molecular complexity index is 271. The monoisotopic (exact) mass is 185 g/mol. The lowest BCUT2D eigenvalue weighted by Gasteiger charge is -2.17. The third-order valence-electron chi connectivity index (χ3n) is 1.88. The molecule has 3 heteroatoms. The van der Waals surface area contributed by atoms with Gasteiger partial charge in [0, 0.05) is 23.8 Å². The molecule has 1 unspecified atom stereocenters. The van der Waals surface area contributed by atoms with Crippen LogP contribution in [0.15, 0.2) is 16.1 Å². The van der Waals surface area contributed by atoms with Crippen LogP contribution in [0.5, 0.6) is 0 Å². The summed E-state index contributed by atoms with van der Waals surface area (Å²) in [4.78, 5) is 4.34. The fourth-order valence-corrected chi connectivity index (χ4v) is 1.62. The summed E-state index contributed by atoms with van der Waals surface area (Å²) in [6, 6.07) is 0. The quantitative estimate of drug-likeness (QED) is 0.615. The summed E-state index contributed by atoms with van der Waals surface area (Å²) in [5, 5.41) is 0.736. The Morgan fingerprint density at radius 1 is 1.50 bits per heavy atom. The molecule has 1 heterocycles. The molecule has 0 saturated heterocycles. The molecule has 0 amide bonds. The molecule has 0 aromatic heterocycles. The molecule has 0 bridgehead atoms. The van der Waals surface area contributed by atoms with Crippen molar-refractivity contribution in [1.29, 1.82) is 0 Å². The van der Waals surface area contributed by atoms with Crippen LogP contribution in [0.1, 0.15) is 27.2 Å². The summed E-state index contributed by atoms with van der Waals surface area (Å²) >= 11 is 0. The van der Waals surface area contributed by atoms with E-state index >= 15 is 0 Å². The molecule has 0 aromatic rings. The summed E-state index contributed by atoms with van der Waals surface area (Å²) < 4.78 is 11.1. The maximum absolute atomic E-state index is 11.1. The Labute approximate surface area is 76.2 Å². The molecule has 0 fully saturated rings. The molecule has 0 aliphatic carbocycles. The third kappa shape index (κ3) is 2.03. The van der Waals surface area contributed by atoms with Crippen molar-refractivity contribution < 1.29 is 4.21 Å². The van der Waals surface area contributed by atoms with Crippen molar-refractivity contribution in [3.63, 3.8) is 0 Å². The highest BCUT2D eigenvalue weighted by Gasteiger charge is 2.22. The molecule has 1 aliphatic rings. The Morgan fingerprint density at radius 3 is 2.33 bits per heavy atom. The molecule has 12 heavy (non-hydrogen) atoms. The van der Waals surface area contributed by atoms with E-state index in [0.29, 0.717) is 0 Å². The number of nitrogens with zero attached hydrogens (tertiary/aromatic N) is 1. The smallest absolute Gasteiger partial charge is 0.123 e. The number of hydrogen-bond donors (Lipinski definition) is 0. The van der Waals surface area contributed by atoms with Gasteiger partial charge in [0.1, 0.15) is 5.03 Å². The highest BCUT2D eigenvalue weighted by Crippen LogP contribution is 2.25. The van der Waals surface area contributed by atoms with Crippen LogP contribution in [-0.4, -0.2) is 16.2 Å². The van der Waals surface area contributed by atoms with Gasteiger partial charge in [0.15, 0.2) is 0 Å². The van der Waals surface area contributed by atoms with Gasteiger partial charge in [-0.1, -0.05) is 20.8 Å². The van der Waals surface area contributed by atoms with Gasteiger partial charge in [-0.2, -0.15) is 0 Å². The first-order valence-corrected chi connectivity index (χ1v) is 5.58. The van der Waals surface area contributed by atoms with Crippen LogP contribution in [-0.2, 0) is 10.8 Å². The highest BCUT2D eigenvalue weighted by atomic mass is 32.2. The Balaban J connectivity index is 2.81. The second-order valence-electron chi connectivity index (χ2n) is 4.01. The minimum absolute atomic E-state index is 0.109. The van der Waals surface area contributed by atoms with Crippen LogP contribution in [0, 0.1) is 5.41 Å². The molecule has 0 spiro atoms. The summed E-state index contributed by atoms with van der Waals surface area (Å²) in [5.74, 6) is 0. The van der Waals surface area contributed by atoms with Gasteiger partial charge in [0.05, 0.1) is 10.8 Å². The molecule has 68 valence electrons. The minimum atomic E-state index is -0.923. The first kappa shape index (κ1) is 9.65. The first-order valence-electron chi connectivity index (χ1n) is 4.03. The van der Waals surface area contributed by atoms with Crippen molar-refractivity contribution in [3.05, 3.63) is 11.1 Å². The molecule has 0 N–H and O–H groups in total. The van der Waals surface area contributed by atoms with Crippen LogP contribution in [0.3, 0.4) is 0 Å². The van der Waals surface area contributed by atoms with Gasteiger partial charge in [-0.05, 0) is 6.08 Å². The topological polar surface area (TPSA) is 29.4 Å². The van der Waals surface area contributed by atoms with Crippen molar-refractivity contribution in [3.8, 4) is 0 Å². The van der Waals surface area contributed by atoms with Crippen LogP contribution < -0.4 is 0 Å². The first-order chi connectivity index (χ1) is 5.41. The van der Waals surface area contributed by atoms with Crippen LogP contribution in [0.2, 0.25) is 0 Å². The van der Waals surface area contributed by atoms with E-state index in [1.54, 1.807) is 6.26 Å². The summed E-state index contributed by atoms with van der Waals surface area (Å²) in [7, 11) is -0.923. The lowest BCUT2D eigenvalue weighted by Crippen LogP contribution is -2.17. The van der Waals surface area contributed by atoms with Crippen molar-refractivity contribution >= 4 is 16.5 Å². The molecule has 1 atom stereocenters. The van der Waals surface area contributed by atoms with Crippen LogP contribution >= 0.6 is 0 Å². The van der Waals surface area contributed by atoms with E-state index in [4.69, 9.17) is 0 Å². The molecular weight excluding hydrogens is 170 g/mol. The van der Waals surface area contributed by atoms with E-state index in [1.807, 2.05) is 6.08 Å². The molecule has 1 rings (SSSR count). The summed E-state index contributed by atoms with van der Waals surface area (Å²) in [5.41, 5.74) is 1.24. The van der Waals surface area contributed by atoms with E-state index in [1.165, 1.54) is 0 Å². The minimum Gasteiger partial charge on any atom is -0.253 e. The maximum Gasteiger partial charge on any atom is 0.123 e. The fraction of sp³-hybridized carbons (Fsp3) is 0.667. The number of allylic oxidation sites excluding steroid dienone is 1.